The maximum absolute atomic E-state index is 11.7. The first-order chi connectivity index (χ1) is 11.4. The number of nitrogens with one attached hydrogen (secondary N) is 1. The summed E-state index contributed by atoms with van der Waals surface area (Å²) in [5.41, 5.74) is 2.93. The fourth-order valence-electron chi connectivity index (χ4n) is 1.65. The zero-order valence-corrected chi connectivity index (χ0v) is 14.5. The van der Waals surface area contributed by atoms with E-state index in [1.807, 2.05) is 0 Å². The molecule has 9 nitrogen and oxygen atoms in total. The van der Waals surface area contributed by atoms with Gasteiger partial charge in [-0.2, -0.15) is 9.52 Å². The Labute approximate surface area is 145 Å². The van der Waals surface area contributed by atoms with Crippen molar-refractivity contribution >= 4 is 31.0 Å². The maximum Gasteiger partial charge on any atom is 0.381 e. The third-order valence-electron chi connectivity index (χ3n) is 2.84. The number of hydrogen-bond acceptors (Lipinski definition) is 8. The van der Waals surface area contributed by atoms with Crippen molar-refractivity contribution in [2.45, 2.75) is 19.8 Å². The minimum atomic E-state index is -1.07. The van der Waals surface area contributed by atoms with Crippen LogP contribution in [0.3, 0.4) is 0 Å². The molecule has 1 aromatic carbocycles. The molecule has 3 amide bonds. The summed E-state index contributed by atoms with van der Waals surface area (Å²) in [6.07, 6.45) is 1.94. The van der Waals surface area contributed by atoms with Crippen LogP contribution in [0.25, 0.3) is 0 Å². The Morgan fingerprint density at radius 2 is 2.00 bits per heavy atom. The molecule has 0 aliphatic heterocycles. The molecular formula is C14H20N4O5S. The molecule has 24 heavy (non-hydrogen) atoms. The van der Waals surface area contributed by atoms with E-state index in [0.29, 0.717) is 27.9 Å². The molecule has 0 saturated heterocycles. The average molecular weight is 356 g/mol. The zero-order chi connectivity index (χ0) is 18.1. The SMILES string of the molecule is CCCC(=O)N(O)C(=O)N(S)N/N=C/c1ccc(OC)c(OC)c1. The molecule has 0 fully saturated rings. The fraction of sp³-hybridized carbons (Fsp3) is 0.357. The number of hydrazone groups is 1. The summed E-state index contributed by atoms with van der Waals surface area (Å²) >= 11 is 3.80. The van der Waals surface area contributed by atoms with Gasteiger partial charge in [0.25, 0.3) is 5.91 Å². The van der Waals surface area contributed by atoms with Gasteiger partial charge in [-0.1, -0.05) is 6.92 Å². The lowest BCUT2D eigenvalue weighted by molar-refractivity contribution is -0.154. The lowest BCUT2D eigenvalue weighted by Gasteiger charge is -2.19. The van der Waals surface area contributed by atoms with E-state index < -0.39 is 11.9 Å². The number of rotatable bonds is 7. The number of amides is 3. The van der Waals surface area contributed by atoms with Gasteiger partial charge < -0.3 is 9.47 Å². The number of nitrogens with zero attached hydrogens (tertiary/aromatic N) is 3. The molecule has 0 saturated carbocycles. The van der Waals surface area contributed by atoms with Crippen molar-refractivity contribution in [2.24, 2.45) is 5.10 Å². The molecule has 0 aromatic heterocycles. The minimum absolute atomic E-state index is 0.0184. The van der Waals surface area contributed by atoms with Crippen molar-refractivity contribution < 1.29 is 24.3 Å². The summed E-state index contributed by atoms with van der Waals surface area (Å²) in [6.45, 7) is 1.75. The Bertz CT molecular complexity index is 611. The topological polar surface area (TPSA) is 104 Å². The van der Waals surface area contributed by atoms with Gasteiger partial charge in [0.05, 0.1) is 20.4 Å². The van der Waals surface area contributed by atoms with E-state index >= 15 is 0 Å². The van der Waals surface area contributed by atoms with Crippen LogP contribution in [-0.4, -0.2) is 47.1 Å². The molecule has 1 rings (SSSR count). The van der Waals surface area contributed by atoms with Crippen molar-refractivity contribution in [2.75, 3.05) is 14.2 Å². The molecule has 132 valence electrons. The summed E-state index contributed by atoms with van der Waals surface area (Å²) in [5.74, 6) is 0.359. The molecule has 0 atom stereocenters. The highest BCUT2D eigenvalue weighted by atomic mass is 32.1. The number of ether oxygens (including phenoxy) is 2. The first-order valence-corrected chi connectivity index (χ1v) is 7.40. The summed E-state index contributed by atoms with van der Waals surface area (Å²) in [4.78, 5) is 23.1. The largest absolute Gasteiger partial charge is 0.493 e. The van der Waals surface area contributed by atoms with Gasteiger partial charge in [-0.25, -0.2) is 10.3 Å². The monoisotopic (exact) mass is 356 g/mol. The first kappa shape index (κ1) is 19.6. The van der Waals surface area contributed by atoms with Crippen LogP contribution >= 0.6 is 12.8 Å². The quantitative estimate of drug-likeness (QED) is 0.298. The molecule has 0 bridgehead atoms. The van der Waals surface area contributed by atoms with Crippen LogP contribution in [-0.2, 0) is 4.79 Å². The zero-order valence-electron chi connectivity index (χ0n) is 13.6. The van der Waals surface area contributed by atoms with E-state index in [1.54, 1.807) is 25.1 Å². The number of hydrogen-bond donors (Lipinski definition) is 3. The van der Waals surface area contributed by atoms with Crippen LogP contribution in [0.5, 0.6) is 11.5 Å². The van der Waals surface area contributed by atoms with E-state index in [0.717, 1.165) is 0 Å². The minimum Gasteiger partial charge on any atom is -0.493 e. The second-order valence-electron chi connectivity index (χ2n) is 4.52. The average Bonchev–Trinajstić information content (AvgIpc) is 2.60. The summed E-state index contributed by atoms with van der Waals surface area (Å²) in [6, 6.07) is 4.03. The van der Waals surface area contributed by atoms with Gasteiger partial charge in [0, 0.05) is 6.42 Å². The van der Waals surface area contributed by atoms with Gasteiger partial charge >= 0.3 is 6.03 Å². The number of carbonyl (C=O) groups is 2. The van der Waals surface area contributed by atoms with Gasteiger partial charge in [-0.05, 0) is 43.0 Å². The van der Waals surface area contributed by atoms with E-state index in [4.69, 9.17) is 9.47 Å². The Morgan fingerprint density at radius 1 is 1.33 bits per heavy atom. The molecule has 0 unspecified atom stereocenters. The van der Waals surface area contributed by atoms with Crippen molar-refractivity contribution in [3.63, 3.8) is 0 Å². The highest BCUT2D eigenvalue weighted by Gasteiger charge is 2.22. The van der Waals surface area contributed by atoms with Gasteiger partial charge in [-0.15, -0.1) is 5.06 Å². The van der Waals surface area contributed by atoms with Crippen LogP contribution in [0.15, 0.2) is 23.3 Å². The predicted octanol–water partition coefficient (Wildman–Crippen LogP) is 1.83. The van der Waals surface area contributed by atoms with Gasteiger partial charge in [0.1, 0.15) is 0 Å². The molecule has 0 spiro atoms. The molecule has 0 aliphatic rings. The molecule has 0 aliphatic carbocycles. The third-order valence-corrected chi connectivity index (χ3v) is 3.10. The van der Waals surface area contributed by atoms with E-state index in [-0.39, 0.29) is 11.5 Å². The molecular weight excluding hydrogens is 336 g/mol. The van der Waals surface area contributed by atoms with Gasteiger partial charge in [0.15, 0.2) is 11.5 Å². The maximum atomic E-state index is 11.7. The van der Waals surface area contributed by atoms with Crippen molar-refractivity contribution in [3.8, 4) is 11.5 Å². The number of imide groups is 1. The predicted molar refractivity (Wildman–Crippen MR) is 90.0 cm³/mol. The Morgan fingerprint density at radius 3 is 2.58 bits per heavy atom. The molecule has 0 radical (unpaired) electrons. The number of urea groups is 1. The normalized spacial score (nSPS) is 10.4. The van der Waals surface area contributed by atoms with E-state index in [9.17, 15) is 14.8 Å². The Balaban J connectivity index is 2.66. The number of carbonyl (C=O) groups excluding carboxylic acids is 2. The van der Waals surface area contributed by atoms with Crippen LogP contribution in [0.1, 0.15) is 25.3 Å². The van der Waals surface area contributed by atoms with Crippen LogP contribution < -0.4 is 15.0 Å². The van der Waals surface area contributed by atoms with Crippen LogP contribution in [0.4, 0.5) is 4.79 Å². The van der Waals surface area contributed by atoms with Gasteiger partial charge in [-0.3, -0.25) is 10.0 Å². The number of hydroxylamine groups is 2. The Kier molecular flexibility index (Phi) is 7.86. The van der Waals surface area contributed by atoms with Crippen molar-refractivity contribution in [3.05, 3.63) is 23.8 Å². The molecule has 1 aromatic rings. The highest BCUT2D eigenvalue weighted by molar-refractivity contribution is 7.78. The first-order valence-electron chi connectivity index (χ1n) is 7.00. The van der Waals surface area contributed by atoms with Gasteiger partial charge in [0.2, 0.25) is 0 Å². The number of thiol groups is 1. The van der Waals surface area contributed by atoms with E-state index in [2.05, 4.69) is 23.5 Å². The number of benzene rings is 1. The lowest BCUT2D eigenvalue weighted by Crippen LogP contribution is -2.44. The molecule has 0 heterocycles. The van der Waals surface area contributed by atoms with E-state index in [1.165, 1.54) is 20.4 Å². The van der Waals surface area contributed by atoms with Crippen molar-refractivity contribution in [1.82, 2.24) is 15.0 Å². The second-order valence-corrected chi connectivity index (χ2v) is 4.92. The third kappa shape index (κ3) is 5.32. The Hall–Kier alpha value is -2.46. The van der Waals surface area contributed by atoms with Crippen LogP contribution in [0.2, 0.25) is 0 Å². The lowest BCUT2D eigenvalue weighted by atomic mass is 10.2. The number of methoxy groups -OCH3 is 2. The number of hydrazine groups is 1. The standard InChI is InChI=1S/C14H20N4O5S/c1-4-5-13(19)17(21)14(20)18(24)16-15-9-10-6-7-11(22-2)12(8-10)23-3/h6-9,16,21,24H,4-5H2,1-3H3/b15-9+. The highest BCUT2D eigenvalue weighted by Crippen LogP contribution is 2.26. The summed E-state index contributed by atoms with van der Waals surface area (Å²) in [7, 11) is 3.03. The smallest absolute Gasteiger partial charge is 0.381 e. The van der Waals surface area contributed by atoms with Crippen molar-refractivity contribution in [1.29, 1.82) is 0 Å². The molecule has 2 N–H and O–H groups in total. The van der Waals surface area contributed by atoms with Crippen LogP contribution in [0, 0.1) is 0 Å². The second kappa shape index (κ2) is 9.63. The fourth-order valence-corrected chi connectivity index (χ4v) is 1.79. The summed E-state index contributed by atoms with van der Waals surface area (Å²) in [5, 5.41) is 13.2. The molecule has 10 heteroatoms. The summed E-state index contributed by atoms with van der Waals surface area (Å²) < 4.78 is 10.9.